The number of phosphoric acid groups is 1. The summed E-state index contributed by atoms with van der Waals surface area (Å²) in [6, 6.07) is 0. The van der Waals surface area contributed by atoms with Crippen LogP contribution in [0.1, 0.15) is 194 Å². The quantitative estimate of drug-likeness (QED) is 0.0268. The Morgan fingerprint density at radius 1 is 0.588 bits per heavy atom. The minimum atomic E-state index is -4.38. The first-order chi connectivity index (χ1) is 24.6. The largest absolute Gasteiger partial charge is 0.472 e. The van der Waals surface area contributed by atoms with E-state index in [-0.39, 0.29) is 38.6 Å². The van der Waals surface area contributed by atoms with Gasteiger partial charge in [0.05, 0.1) is 13.2 Å². The summed E-state index contributed by atoms with van der Waals surface area (Å²) >= 11 is 7.72. The van der Waals surface area contributed by atoms with Gasteiger partial charge in [-0.2, -0.15) is 0 Å². The number of carbonyl (C=O) groups is 2. The second-order valence-corrected chi connectivity index (χ2v) is 17.9. The molecule has 0 saturated carbocycles. The third-order valence-corrected chi connectivity index (χ3v) is 13.0. The van der Waals surface area contributed by atoms with Crippen LogP contribution in [0.15, 0.2) is 0 Å². The number of esters is 2. The molecule has 0 aromatic heterocycles. The molecule has 0 heterocycles. The summed E-state index contributed by atoms with van der Waals surface area (Å²) in [6.45, 7) is 3.71. The number of alkyl halides is 2. The van der Waals surface area contributed by atoms with Crippen molar-refractivity contribution in [3.63, 3.8) is 0 Å². The van der Waals surface area contributed by atoms with E-state index in [2.05, 4.69) is 45.7 Å². The molecule has 0 rings (SSSR count). The molecule has 3 N–H and O–H groups in total. The van der Waals surface area contributed by atoms with E-state index in [0.717, 1.165) is 51.4 Å². The first-order valence-electron chi connectivity index (χ1n) is 20.6. The predicted molar refractivity (Wildman–Crippen MR) is 218 cm³/mol. The van der Waals surface area contributed by atoms with E-state index in [1.165, 1.54) is 109 Å². The van der Waals surface area contributed by atoms with Gasteiger partial charge in [0.1, 0.15) is 6.61 Å². The van der Waals surface area contributed by atoms with Gasteiger partial charge >= 0.3 is 19.8 Å². The first-order valence-corrected chi connectivity index (χ1v) is 23.9. The van der Waals surface area contributed by atoms with Crippen LogP contribution in [-0.2, 0) is 32.7 Å². The lowest BCUT2D eigenvalue weighted by Gasteiger charge is -2.20. The number of halogens is 2. The number of unbranched alkanes of at least 4 members (excludes halogenated alkanes) is 21. The number of ether oxygens (including phenoxy) is 2. The molecular weight excluding hydrogens is 801 g/mol. The molecule has 0 fully saturated rings. The minimum absolute atomic E-state index is 0.0517. The van der Waals surface area contributed by atoms with E-state index < -0.39 is 26.5 Å². The zero-order valence-electron chi connectivity index (χ0n) is 32.4. The average Bonchev–Trinajstić information content (AvgIpc) is 3.11. The molecule has 0 aliphatic carbocycles. The van der Waals surface area contributed by atoms with Gasteiger partial charge in [0.2, 0.25) is 0 Å². The molecule has 12 heteroatoms. The number of carbonyl (C=O) groups excluding carboxylic acids is 2. The number of rotatable bonds is 39. The zero-order chi connectivity index (χ0) is 37.8. The summed E-state index contributed by atoms with van der Waals surface area (Å²) < 4.78 is 32.8. The van der Waals surface area contributed by atoms with E-state index in [0.29, 0.717) is 16.1 Å². The fourth-order valence-corrected chi connectivity index (χ4v) is 7.85. The molecule has 0 aromatic rings. The summed E-state index contributed by atoms with van der Waals surface area (Å²) in [7, 11) is -4.38. The monoisotopic (exact) mass is 875 g/mol. The van der Waals surface area contributed by atoms with Crippen LogP contribution in [0.25, 0.3) is 0 Å². The maximum atomic E-state index is 12.6. The molecule has 4 atom stereocenters. The van der Waals surface area contributed by atoms with Gasteiger partial charge in [0, 0.05) is 29.0 Å². The van der Waals surface area contributed by atoms with E-state index in [9.17, 15) is 19.0 Å². The average molecular weight is 878 g/mol. The molecule has 0 spiro atoms. The molecule has 1 unspecified atom stereocenters. The van der Waals surface area contributed by atoms with Crippen molar-refractivity contribution in [1.82, 2.24) is 0 Å². The summed E-state index contributed by atoms with van der Waals surface area (Å²) in [5.74, 6) is -0.839. The summed E-state index contributed by atoms with van der Waals surface area (Å²) in [5, 5.41) is 0. The van der Waals surface area contributed by atoms with E-state index in [4.69, 9.17) is 24.3 Å². The normalized spacial score (nSPS) is 14.5. The Labute approximate surface area is 329 Å². The van der Waals surface area contributed by atoms with Gasteiger partial charge < -0.3 is 20.1 Å². The summed E-state index contributed by atoms with van der Waals surface area (Å²) in [6.07, 6.45) is 30.4. The Kier molecular flexibility index (Phi) is 36.9. The SMILES string of the molecule is CCCCCCCCCCCCCCCC(=O)OC[C@H](COP(=O)(O)OCCN)OC(=O)CCCCCCC[C@H](Br)[C@@H](Br)CCCCCCCC. The third kappa shape index (κ3) is 35.4. The van der Waals surface area contributed by atoms with Crippen LogP contribution in [0.5, 0.6) is 0 Å². The van der Waals surface area contributed by atoms with Crippen molar-refractivity contribution in [3.8, 4) is 0 Å². The Morgan fingerprint density at radius 3 is 1.41 bits per heavy atom. The fraction of sp³-hybridized carbons (Fsp3) is 0.949. The molecular formula is C39H76Br2NO8P. The van der Waals surface area contributed by atoms with Gasteiger partial charge in [-0.1, -0.05) is 187 Å². The maximum absolute atomic E-state index is 12.6. The summed E-state index contributed by atoms with van der Waals surface area (Å²) in [4.78, 5) is 35.9. The molecule has 0 amide bonds. The maximum Gasteiger partial charge on any atom is 0.472 e. The fourth-order valence-electron chi connectivity index (χ4n) is 5.91. The Hall–Kier alpha value is -0.0300. The minimum Gasteiger partial charge on any atom is -0.462 e. The highest BCUT2D eigenvalue weighted by molar-refractivity contribution is 9.12. The molecule has 0 saturated heterocycles. The van der Waals surface area contributed by atoms with Gasteiger partial charge in [-0.05, 0) is 25.7 Å². The molecule has 0 aliphatic rings. The van der Waals surface area contributed by atoms with Crippen LogP contribution in [0.2, 0.25) is 0 Å². The van der Waals surface area contributed by atoms with Crippen LogP contribution in [0, 0.1) is 0 Å². The van der Waals surface area contributed by atoms with Crippen LogP contribution >= 0.6 is 39.7 Å². The molecule has 0 aliphatic heterocycles. The second kappa shape index (κ2) is 36.9. The number of hydrogen-bond acceptors (Lipinski definition) is 8. The van der Waals surface area contributed by atoms with Crippen molar-refractivity contribution in [2.24, 2.45) is 5.73 Å². The highest BCUT2D eigenvalue weighted by Gasteiger charge is 2.26. The highest BCUT2D eigenvalue weighted by atomic mass is 79.9. The topological polar surface area (TPSA) is 134 Å². The van der Waals surface area contributed by atoms with Crippen molar-refractivity contribution in [3.05, 3.63) is 0 Å². The van der Waals surface area contributed by atoms with Crippen LogP contribution in [0.3, 0.4) is 0 Å². The van der Waals surface area contributed by atoms with Crippen molar-refractivity contribution in [1.29, 1.82) is 0 Å². The Morgan fingerprint density at radius 2 is 0.980 bits per heavy atom. The lowest BCUT2D eigenvalue weighted by molar-refractivity contribution is -0.161. The van der Waals surface area contributed by atoms with Crippen molar-refractivity contribution >= 4 is 51.6 Å². The molecule has 0 bridgehead atoms. The van der Waals surface area contributed by atoms with Crippen molar-refractivity contribution in [2.45, 2.75) is 209 Å². The zero-order valence-corrected chi connectivity index (χ0v) is 36.5. The van der Waals surface area contributed by atoms with E-state index in [1.54, 1.807) is 0 Å². The molecule has 0 aromatic carbocycles. The first kappa shape index (κ1) is 51.0. The lowest BCUT2D eigenvalue weighted by atomic mass is 10.0. The smallest absolute Gasteiger partial charge is 0.462 e. The van der Waals surface area contributed by atoms with Gasteiger partial charge in [0.15, 0.2) is 6.10 Å². The van der Waals surface area contributed by atoms with Gasteiger partial charge in [-0.25, -0.2) is 4.57 Å². The van der Waals surface area contributed by atoms with Gasteiger partial charge in [-0.15, -0.1) is 0 Å². The van der Waals surface area contributed by atoms with Crippen LogP contribution in [-0.4, -0.2) is 59.0 Å². The standard InChI is InChI=1S/C39H76Br2NO8P/c1-3-5-7-9-11-12-13-14-15-16-17-21-25-29-38(43)47-33-35(34-49-51(45,46)48-32-31-42)50-39(44)30-26-22-18-20-24-28-37(41)36(40)27-23-19-10-8-6-4-2/h35-37H,3-34,42H2,1-2H3,(H,45,46)/t35-,36+,37+/m1/s1. The van der Waals surface area contributed by atoms with E-state index >= 15 is 0 Å². The molecule has 9 nitrogen and oxygen atoms in total. The lowest BCUT2D eigenvalue weighted by Crippen LogP contribution is -2.29. The second-order valence-electron chi connectivity index (χ2n) is 14.1. The number of phosphoric ester groups is 1. The molecule has 51 heavy (non-hydrogen) atoms. The highest BCUT2D eigenvalue weighted by Crippen LogP contribution is 2.43. The summed E-state index contributed by atoms with van der Waals surface area (Å²) in [5.41, 5.74) is 5.34. The van der Waals surface area contributed by atoms with Gasteiger partial charge in [0.25, 0.3) is 0 Å². The third-order valence-electron chi connectivity index (χ3n) is 9.10. The van der Waals surface area contributed by atoms with Crippen LogP contribution < -0.4 is 5.73 Å². The Balaban J connectivity index is 4.28. The van der Waals surface area contributed by atoms with Crippen molar-refractivity contribution < 1.29 is 37.6 Å². The predicted octanol–water partition coefficient (Wildman–Crippen LogP) is 12.0. The molecule has 0 radical (unpaired) electrons. The van der Waals surface area contributed by atoms with E-state index in [1.807, 2.05) is 0 Å². The van der Waals surface area contributed by atoms with Gasteiger partial charge in [-0.3, -0.25) is 18.6 Å². The van der Waals surface area contributed by atoms with Crippen molar-refractivity contribution in [2.75, 3.05) is 26.4 Å². The Bertz CT molecular complexity index is 856. The number of nitrogens with two attached hydrogens (primary N) is 1. The molecule has 304 valence electrons. The van der Waals surface area contributed by atoms with Crippen LogP contribution in [0.4, 0.5) is 0 Å². The number of hydrogen-bond donors (Lipinski definition) is 2.